The average molecular weight is 741 g/mol. The Morgan fingerprint density at radius 3 is 2.02 bits per heavy atom. The van der Waals surface area contributed by atoms with Crippen LogP contribution in [-0.4, -0.2) is 59.4 Å². The Labute approximate surface area is 307 Å². The predicted octanol–water partition coefficient (Wildman–Crippen LogP) is 8.73. The molecule has 52 heavy (non-hydrogen) atoms. The van der Waals surface area contributed by atoms with Crippen molar-refractivity contribution in [3.8, 4) is 0 Å². The van der Waals surface area contributed by atoms with E-state index in [1.165, 1.54) is 12.5 Å². The predicted molar refractivity (Wildman–Crippen MR) is 212 cm³/mol. The molecule has 7 rings (SSSR count). The van der Waals surface area contributed by atoms with Crippen LogP contribution in [0, 0.1) is 0 Å². The Hall–Kier alpha value is -3.93. The van der Waals surface area contributed by atoms with Crippen LogP contribution >= 0.6 is 0 Å². The lowest BCUT2D eigenvalue weighted by Gasteiger charge is -2.56. The van der Waals surface area contributed by atoms with Gasteiger partial charge in [0.1, 0.15) is 11.4 Å². The number of fused-ring (bicyclic) bond motifs is 7. The zero-order valence-corrected chi connectivity index (χ0v) is 32.5. The first-order valence-corrected chi connectivity index (χ1v) is 20.8. The second-order valence-corrected chi connectivity index (χ2v) is 19.7. The van der Waals surface area contributed by atoms with Crippen LogP contribution in [0.15, 0.2) is 108 Å². The van der Waals surface area contributed by atoms with Gasteiger partial charge in [-0.25, -0.2) is 4.48 Å². The lowest BCUT2D eigenvalue weighted by atomic mass is 9.79. The minimum atomic E-state index is -4.44. The lowest BCUT2D eigenvalue weighted by molar-refractivity contribution is -0.438. The van der Waals surface area contributed by atoms with Gasteiger partial charge in [0, 0.05) is 42.7 Å². The SMILES string of the molecule is CC(C=CC1=[N+](CCC(C)S(=O)(=O)O)c2ccc3ccccc3c2C1(C)C)=CC=C1C(C)(C)c2c(ccc3ccccc23)[N+]12CCC2(C)S(=O)(=O)O. The second kappa shape index (κ2) is 12.0. The van der Waals surface area contributed by atoms with Crippen LogP contribution in [0.2, 0.25) is 0 Å². The van der Waals surface area contributed by atoms with E-state index in [1.807, 2.05) is 55.5 Å². The van der Waals surface area contributed by atoms with Crippen LogP contribution < -0.4 is 4.48 Å². The number of quaternary nitrogens is 1. The number of benzene rings is 4. The molecular weight excluding hydrogens is 693 g/mol. The molecule has 10 heteroatoms. The van der Waals surface area contributed by atoms with Crippen molar-refractivity contribution in [3.05, 3.63) is 119 Å². The van der Waals surface area contributed by atoms with Crippen molar-refractivity contribution in [2.75, 3.05) is 13.1 Å². The van der Waals surface area contributed by atoms with E-state index in [0.29, 0.717) is 19.5 Å². The molecule has 8 nitrogen and oxygen atoms in total. The molecule has 0 radical (unpaired) electrons. The number of hydrogen-bond donors (Lipinski definition) is 2. The summed E-state index contributed by atoms with van der Waals surface area (Å²) in [6, 6.07) is 24.7. The first-order valence-electron chi connectivity index (χ1n) is 17.9. The van der Waals surface area contributed by atoms with Crippen molar-refractivity contribution < 1.29 is 30.5 Å². The Balaban J connectivity index is 1.34. The second-order valence-electron chi connectivity index (χ2n) is 16.0. The van der Waals surface area contributed by atoms with Gasteiger partial charge in [-0.05, 0) is 81.3 Å². The van der Waals surface area contributed by atoms with Gasteiger partial charge in [0.05, 0.1) is 29.0 Å². The topological polar surface area (TPSA) is 112 Å². The number of rotatable bonds is 8. The first kappa shape index (κ1) is 36.4. The summed E-state index contributed by atoms with van der Waals surface area (Å²) in [4.78, 5) is -1.43. The molecule has 3 atom stereocenters. The molecule has 3 aliphatic rings. The number of hydrogen-bond acceptors (Lipinski definition) is 4. The average Bonchev–Trinajstić information content (AvgIpc) is 3.44. The van der Waals surface area contributed by atoms with Gasteiger partial charge >= 0.3 is 10.1 Å². The van der Waals surface area contributed by atoms with Gasteiger partial charge in [-0.3, -0.25) is 9.11 Å². The molecule has 4 aromatic carbocycles. The van der Waals surface area contributed by atoms with Crippen molar-refractivity contribution in [2.45, 2.75) is 82.3 Å². The number of nitrogens with zero attached hydrogens (tertiary/aromatic N) is 2. The normalized spacial score (nSPS) is 25.3. The largest absolute Gasteiger partial charge is 0.323 e. The van der Waals surface area contributed by atoms with Gasteiger partial charge < -0.3 is 0 Å². The molecule has 1 spiro atoms. The highest BCUT2D eigenvalue weighted by Gasteiger charge is 2.73. The zero-order chi connectivity index (χ0) is 37.6. The third kappa shape index (κ3) is 5.21. The van der Waals surface area contributed by atoms with Crippen molar-refractivity contribution in [2.24, 2.45) is 0 Å². The summed E-state index contributed by atoms with van der Waals surface area (Å²) < 4.78 is 72.9. The van der Waals surface area contributed by atoms with Crippen molar-refractivity contribution in [3.63, 3.8) is 0 Å². The molecule has 4 aromatic rings. The van der Waals surface area contributed by atoms with Crippen LogP contribution in [0.3, 0.4) is 0 Å². The van der Waals surface area contributed by atoms with E-state index in [0.717, 1.165) is 55.5 Å². The standard InChI is InChI=1S/C42H46N2O6S2/c1-28(16-22-36-40(3,4)38-32-14-10-8-12-30(32)18-20-34(38)43(36)26-24-29(2)51(45,46)47)17-23-37-41(5,6)39-33-15-11-9-13-31(33)19-21-35(39)44(37)27-25-42(44,7)52(48,49)50/h8-23,29H,24-27H2,1-7H3/p+2. The molecule has 3 heterocycles. The van der Waals surface area contributed by atoms with Gasteiger partial charge in [0.25, 0.3) is 10.1 Å². The van der Waals surface area contributed by atoms with Crippen LogP contribution in [0.25, 0.3) is 21.5 Å². The molecule has 0 amide bonds. The molecule has 3 unspecified atom stereocenters. The summed E-state index contributed by atoms with van der Waals surface area (Å²) >= 11 is 0. The van der Waals surface area contributed by atoms with Gasteiger partial charge in [-0.2, -0.15) is 21.4 Å². The van der Waals surface area contributed by atoms with E-state index >= 15 is 0 Å². The highest BCUT2D eigenvalue weighted by atomic mass is 32.2. The van der Waals surface area contributed by atoms with Crippen LogP contribution in [0.5, 0.6) is 0 Å². The van der Waals surface area contributed by atoms with E-state index in [9.17, 15) is 25.9 Å². The van der Waals surface area contributed by atoms with Gasteiger partial charge in [0.2, 0.25) is 10.6 Å². The fourth-order valence-electron chi connectivity index (χ4n) is 9.24. The Morgan fingerprint density at radius 1 is 0.846 bits per heavy atom. The summed E-state index contributed by atoms with van der Waals surface area (Å²) in [5, 5.41) is 3.50. The maximum Gasteiger partial charge on any atom is 0.323 e. The zero-order valence-electron chi connectivity index (χ0n) is 30.9. The summed E-state index contributed by atoms with van der Waals surface area (Å²) in [6.45, 7) is 14.8. The molecule has 1 fully saturated rings. The van der Waals surface area contributed by atoms with Crippen molar-refractivity contribution in [1.82, 2.24) is 4.48 Å². The molecule has 2 N–H and O–H groups in total. The van der Waals surface area contributed by atoms with E-state index < -0.39 is 41.2 Å². The van der Waals surface area contributed by atoms with Crippen LogP contribution in [0.4, 0.5) is 11.4 Å². The Kier molecular flexibility index (Phi) is 8.44. The monoisotopic (exact) mass is 740 g/mol. The molecule has 3 aliphatic heterocycles. The molecule has 0 saturated carbocycles. The summed E-state index contributed by atoms with van der Waals surface area (Å²) in [7, 11) is -8.63. The van der Waals surface area contributed by atoms with E-state index in [4.69, 9.17) is 0 Å². The first-order chi connectivity index (χ1) is 24.3. The van der Waals surface area contributed by atoms with Gasteiger partial charge in [-0.1, -0.05) is 66.3 Å². The van der Waals surface area contributed by atoms with Gasteiger partial charge in [-0.15, -0.1) is 0 Å². The Morgan fingerprint density at radius 2 is 1.44 bits per heavy atom. The van der Waals surface area contributed by atoms with Crippen molar-refractivity contribution in [1.29, 1.82) is 0 Å². The third-order valence-electron chi connectivity index (χ3n) is 12.3. The van der Waals surface area contributed by atoms with Gasteiger partial charge in [0.15, 0.2) is 12.3 Å². The molecule has 0 aliphatic carbocycles. The summed E-state index contributed by atoms with van der Waals surface area (Å²) in [5.41, 5.74) is 6.05. The molecule has 0 aromatic heterocycles. The van der Waals surface area contributed by atoms with Crippen LogP contribution in [-0.2, 0) is 31.1 Å². The third-order valence-corrected chi connectivity index (χ3v) is 15.2. The maximum absolute atomic E-state index is 13.2. The molecule has 1 saturated heterocycles. The highest BCUT2D eigenvalue weighted by Crippen LogP contribution is 2.63. The quantitative estimate of drug-likeness (QED) is 0.0809. The van der Waals surface area contributed by atoms with Crippen molar-refractivity contribution >= 4 is 58.9 Å². The lowest BCUT2D eigenvalue weighted by Crippen LogP contribution is -2.76. The minimum absolute atomic E-state index is 0.0546. The Bertz CT molecular complexity index is 2530. The fraction of sp³-hybridized carbons (Fsp3) is 0.357. The smallest absolute Gasteiger partial charge is 0.285 e. The fourth-order valence-corrected chi connectivity index (χ4v) is 10.7. The maximum atomic E-state index is 13.2. The molecular formula is C42H48N2O6S2+2. The highest BCUT2D eigenvalue weighted by molar-refractivity contribution is 7.87. The van der Waals surface area contributed by atoms with E-state index in [1.54, 1.807) is 6.92 Å². The number of allylic oxidation sites excluding steroid dienone is 6. The summed E-state index contributed by atoms with van der Waals surface area (Å²) in [5.74, 6) is 0. The minimum Gasteiger partial charge on any atom is -0.285 e. The summed E-state index contributed by atoms with van der Waals surface area (Å²) in [6.07, 6.45) is 8.80. The van der Waals surface area contributed by atoms with Crippen LogP contribution in [0.1, 0.15) is 72.4 Å². The van der Waals surface area contributed by atoms with E-state index in [2.05, 4.69) is 80.8 Å². The molecule has 0 bridgehead atoms. The molecule has 272 valence electrons. The van der Waals surface area contributed by atoms with E-state index in [-0.39, 0.29) is 10.9 Å².